The van der Waals surface area contributed by atoms with Crippen LogP contribution >= 0.6 is 0 Å². The maximum absolute atomic E-state index is 13.9. The van der Waals surface area contributed by atoms with Crippen molar-refractivity contribution in [3.8, 4) is 0 Å². The van der Waals surface area contributed by atoms with Crippen molar-refractivity contribution in [1.29, 1.82) is 0 Å². The standard InChI is InChI=1S/C30H34N2O4S/c1-5-30(6-2)28(32(30)37(34,35)25-20-18-22(4)19-21-25)27(29(33)36-7-3)31-26(23-14-10-8-11-15-23)24-16-12-9-13-17-24/h8-21,27-28H,5-7H2,1-4H3/t27-,28-,32?/m0/s1. The first-order valence-electron chi connectivity index (χ1n) is 12.8. The van der Waals surface area contributed by atoms with Crippen molar-refractivity contribution >= 4 is 21.7 Å². The Hall–Kier alpha value is -3.29. The zero-order valence-corrected chi connectivity index (χ0v) is 22.6. The molecule has 3 aromatic carbocycles. The lowest BCUT2D eigenvalue weighted by molar-refractivity contribution is -0.144. The molecule has 0 N–H and O–H groups in total. The van der Waals surface area contributed by atoms with Gasteiger partial charge >= 0.3 is 5.97 Å². The molecule has 37 heavy (non-hydrogen) atoms. The Kier molecular flexibility index (Phi) is 7.95. The van der Waals surface area contributed by atoms with E-state index in [1.54, 1.807) is 31.2 Å². The molecule has 194 valence electrons. The molecule has 1 aliphatic heterocycles. The molecule has 1 saturated heterocycles. The molecule has 0 bridgehead atoms. The second-order valence-corrected chi connectivity index (χ2v) is 11.1. The van der Waals surface area contributed by atoms with Crippen LogP contribution in [0.3, 0.4) is 0 Å². The third-order valence-electron chi connectivity index (χ3n) is 7.17. The number of aryl methyl sites for hydroxylation is 1. The summed E-state index contributed by atoms with van der Waals surface area (Å²) < 4.78 is 34.7. The molecule has 0 radical (unpaired) electrons. The van der Waals surface area contributed by atoms with Crippen LogP contribution in [-0.4, -0.2) is 48.6 Å². The molecule has 1 unspecified atom stereocenters. The van der Waals surface area contributed by atoms with Crippen LogP contribution < -0.4 is 0 Å². The van der Waals surface area contributed by atoms with Crippen molar-refractivity contribution in [2.75, 3.05) is 6.61 Å². The molecule has 0 spiro atoms. The maximum Gasteiger partial charge on any atom is 0.332 e. The van der Waals surface area contributed by atoms with E-state index in [-0.39, 0.29) is 11.5 Å². The number of benzene rings is 3. The van der Waals surface area contributed by atoms with Gasteiger partial charge in [0.05, 0.1) is 28.8 Å². The molecule has 4 rings (SSSR count). The van der Waals surface area contributed by atoms with Gasteiger partial charge in [-0.05, 0) is 38.8 Å². The quantitative estimate of drug-likeness (QED) is 0.205. The van der Waals surface area contributed by atoms with E-state index < -0.39 is 33.6 Å². The smallest absolute Gasteiger partial charge is 0.332 e. The summed E-state index contributed by atoms with van der Waals surface area (Å²) in [6.45, 7) is 7.76. The van der Waals surface area contributed by atoms with Crippen LogP contribution in [0.25, 0.3) is 0 Å². The fourth-order valence-corrected chi connectivity index (χ4v) is 7.23. The van der Waals surface area contributed by atoms with E-state index in [9.17, 15) is 13.2 Å². The SMILES string of the molecule is CCOC(=O)[C@@H](N=C(c1ccccc1)c1ccccc1)[C@@H]1N(S(=O)(=O)c2ccc(C)cc2)C1(CC)CC. The van der Waals surface area contributed by atoms with Crippen LogP contribution in [0, 0.1) is 6.92 Å². The minimum Gasteiger partial charge on any atom is -0.464 e. The summed E-state index contributed by atoms with van der Waals surface area (Å²) in [5, 5.41) is 0. The predicted molar refractivity (Wildman–Crippen MR) is 146 cm³/mol. The normalized spacial score (nSPS) is 19.0. The molecule has 1 heterocycles. The van der Waals surface area contributed by atoms with Crippen LogP contribution in [0.5, 0.6) is 0 Å². The Balaban J connectivity index is 1.87. The molecule has 3 atom stereocenters. The van der Waals surface area contributed by atoms with E-state index in [2.05, 4.69) is 0 Å². The van der Waals surface area contributed by atoms with Crippen molar-refractivity contribution in [2.24, 2.45) is 4.99 Å². The van der Waals surface area contributed by atoms with Crippen LogP contribution in [0.1, 0.15) is 50.3 Å². The van der Waals surface area contributed by atoms with Gasteiger partial charge in [-0.15, -0.1) is 0 Å². The molecular weight excluding hydrogens is 484 g/mol. The van der Waals surface area contributed by atoms with Gasteiger partial charge in [0.15, 0.2) is 6.04 Å². The molecule has 0 saturated carbocycles. The van der Waals surface area contributed by atoms with Crippen molar-refractivity contribution in [3.63, 3.8) is 0 Å². The number of esters is 1. The highest BCUT2D eigenvalue weighted by atomic mass is 32.2. The summed E-state index contributed by atoms with van der Waals surface area (Å²) in [5.41, 5.74) is 2.55. The Bertz CT molecular complexity index is 1310. The molecule has 0 aromatic heterocycles. The Morgan fingerprint density at radius 1 is 0.892 bits per heavy atom. The van der Waals surface area contributed by atoms with E-state index in [0.717, 1.165) is 16.7 Å². The highest BCUT2D eigenvalue weighted by molar-refractivity contribution is 7.89. The Morgan fingerprint density at radius 2 is 1.41 bits per heavy atom. The number of hydrogen-bond acceptors (Lipinski definition) is 5. The minimum absolute atomic E-state index is 0.180. The van der Waals surface area contributed by atoms with Crippen molar-refractivity contribution in [1.82, 2.24) is 4.31 Å². The Morgan fingerprint density at radius 3 is 1.86 bits per heavy atom. The van der Waals surface area contributed by atoms with Crippen LogP contribution in [0.15, 0.2) is 94.8 Å². The number of nitrogens with zero attached hydrogens (tertiary/aromatic N) is 2. The van der Waals surface area contributed by atoms with Gasteiger partial charge in [0.1, 0.15) is 0 Å². The lowest BCUT2D eigenvalue weighted by atomic mass is 9.94. The molecule has 1 aliphatic rings. The number of rotatable bonds is 10. The molecule has 7 heteroatoms. The fourth-order valence-electron chi connectivity index (χ4n) is 5.11. The summed E-state index contributed by atoms with van der Waals surface area (Å²) in [6, 6.07) is 24.4. The van der Waals surface area contributed by atoms with E-state index in [1.165, 1.54) is 4.31 Å². The fraction of sp³-hybridized carbons (Fsp3) is 0.333. The van der Waals surface area contributed by atoms with Gasteiger partial charge in [-0.2, -0.15) is 4.31 Å². The third-order valence-corrected chi connectivity index (χ3v) is 9.14. The van der Waals surface area contributed by atoms with Gasteiger partial charge in [0.25, 0.3) is 0 Å². The first kappa shape index (κ1) is 26.8. The second kappa shape index (κ2) is 11.0. The highest BCUT2D eigenvalue weighted by Crippen LogP contribution is 2.53. The summed E-state index contributed by atoms with van der Waals surface area (Å²) in [6.07, 6.45) is 1.10. The Labute approximate surface area is 220 Å². The van der Waals surface area contributed by atoms with E-state index >= 15 is 0 Å². The number of carbonyl (C=O) groups is 1. The van der Waals surface area contributed by atoms with Crippen LogP contribution in [-0.2, 0) is 19.6 Å². The predicted octanol–water partition coefficient (Wildman–Crippen LogP) is 5.40. The molecule has 3 aromatic rings. The summed E-state index contributed by atoms with van der Waals surface area (Å²) in [7, 11) is -3.87. The minimum atomic E-state index is -3.87. The average Bonchev–Trinajstić information content (AvgIpc) is 3.60. The van der Waals surface area contributed by atoms with Crippen molar-refractivity contribution in [2.45, 2.75) is 63.1 Å². The van der Waals surface area contributed by atoms with Crippen molar-refractivity contribution in [3.05, 3.63) is 102 Å². The maximum atomic E-state index is 13.9. The van der Waals surface area contributed by atoms with Crippen LogP contribution in [0.4, 0.5) is 0 Å². The number of sulfonamides is 1. The second-order valence-electron chi connectivity index (χ2n) is 9.28. The number of carbonyl (C=O) groups excluding carboxylic acids is 1. The monoisotopic (exact) mass is 518 g/mol. The van der Waals surface area contributed by atoms with E-state index in [1.807, 2.05) is 81.4 Å². The summed E-state index contributed by atoms with van der Waals surface area (Å²) in [4.78, 5) is 18.7. The summed E-state index contributed by atoms with van der Waals surface area (Å²) in [5.74, 6) is -0.523. The molecule has 6 nitrogen and oxygen atoms in total. The van der Waals surface area contributed by atoms with Gasteiger partial charge in [0, 0.05) is 11.1 Å². The first-order valence-corrected chi connectivity index (χ1v) is 14.2. The van der Waals surface area contributed by atoms with Gasteiger partial charge in [-0.1, -0.05) is 92.2 Å². The number of ether oxygens (including phenoxy) is 1. The van der Waals surface area contributed by atoms with E-state index in [4.69, 9.17) is 9.73 Å². The zero-order valence-electron chi connectivity index (χ0n) is 21.8. The first-order chi connectivity index (χ1) is 17.8. The van der Waals surface area contributed by atoms with E-state index in [0.29, 0.717) is 18.6 Å². The molecule has 1 fully saturated rings. The largest absolute Gasteiger partial charge is 0.464 e. The van der Waals surface area contributed by atoms with Gasteiger partial charge in [-0.25, -0.2) is 13.2 Å². The zero-order chi connectivity index (χ0) is 26.6. The highest BCUT2D eigenvalue weighted by Gasteiger charge is 2.70. The molecular formula is C30H34N2O4S. The van der Waals surface area contributed by atoms with Gasteiger partial charge in [0.2, 0.25) is 10.0 Å². The molecule has 0 amide bonds. The lowest BCUT2D eigenvalue weighted by Crippen LogP contribution is -2.33. The van der Waals surface area contributed by atoms with Gasteiger partial charge < -0.3 is 4.74 Å². The summed E-state index contributed by atoms with van der Waals surface area (Å²) >= 11 is 0. The van der Waals surface area contributed by atoms with Crippen molar-refractivity contribution < 1.29 is 17.9 Å². The molecule has 0 aliphatic carbocycles. The number of aliphatic imine (C=N–C) groups is 1. The van der Waals surface area contributed by atoms with Gasteiger partial charge in [-0.3, -0.25) is 4.99 Å². The number of hydrogen-bond donors (Lipinski definition) is 0. The topological polar surface area (TPSA) is 75.8 Å². The lowest BCUT2D eigenvalue weighted by Gasteiger charge is -2.16. The van der Waals surface area contributed by atoms with Crippen LogP contribution in [0.2, 0.25) is 0 Å². The average molecular weight is 519 g/mol. The third kappa shape index (κ3) is 5.11.